The van der Waals surface area contributed by atoms with Crippen molar-refractivity contribution in [3.63, 3.8) is 0 Å². The monoisotopic (exact) mass is 401 g/mol. The van der Waals surface area contributed by atoms with Crippen LogP contribution in [0.5, 0.6) is 5.75 Å². The van der Waals surface area contributed by atoms with Gasteiger partial charge in [0.1, 0.15) is 5.75 Å². The Bertz CT molecular complexity index is 906. The van der Waals surface area contributed by atoms with Gasteiger partial charge in [0.2, 0.25) is 0 Å². The average Bonchev–Trinajstić information content (AvgIpc) is 2.87. The van der Waals surface area contributed by atoms with E-state index in [4.69, 9.17) is 16.3 Å². The summed E-state index contributed by atoms with van der Waals surface area (Å²) < 4.78 is 5.19. The highest BCUT2D eigenvalue weighted by Gasteiger charge is 2.39. The summed E-state index contributed by atoms with van der Waals surface area (Å²) in [5.74, 6) is 0.125. The molecular formula is C21H20ClNO3S. The Balaban J connectivity index is 1.99. The smallest absolute Gasteiger partial charge is 0.268 e. The normalized spacial score (nSPS) is 14.5. The first-order valence-corrected chi connectivity index (χ1v) is 9.83. The van der Waals surface area contributed by atoms with Gasteiger partial charge in [-0.25, -0.2) is 0 Å². The maximum Gasteiger partial charge on any atom is 0.268 e. The van der Waals surface area contributed by atoms with Gasteiger partial charge in [0.15, 0.2) is 0 Å². The van der Waals surface area contributed by atoms with E-state index >= 15 is 0 Å². The van der Waals surface area contributed by atoms with E-state index in [1.807, 2.05) is 32.0 Å². The highest BCUT2D eigenvalue weighted by Crippen LogP contribution is 2.39. The molecule has 0 unspecified atom stereocenters. The molecule has 0 fully saturated rings. The van der Waals surface area contributed by atoms with Crippen LogP contribution in [-0.4, -0.2) is 29.1 Å². The molecule has 1 heterocycles. The molecule has 6 heteroatoms. The Hall–Kier alpha value is -2.24. The van der Waals surface area contributed by atoms with E-state index in [1.54, 1.807) is 37.4 Å². The molecular weight excluding hydrogens is 382 g/mol. The first-order chi connectivity index (χ1) is 12.9. The largest absolute Gasteiger partial charge is 0.497 e. The summed E-state index contributed by atoms with van der Waals surface area (Å²) in [6.07, 6.45) is 0. The Morgan fingerprint density at radius 1 is 1.04 bits per heavy atom. The molecule has 2 aromatic carbocycles. The molecule has 0 bridgehead atoms. The molecule has 1 aliphatic rings. The molecule has 27 heavy (non-hydrogen) atoms. The van der Waals surface area contributed by atoms with E-state index in [0.717, 1.165) is 5.56 Å². The molecule has 1 aliphatic heterocycles. The van der Waals surface area contributed by atoms with Crippen LogP contribution in [0.15, 0.2) is 53.4 Å². The van der Waals surface area contributed by atoms with Crippen molar-refractivity contribution >= 4 is 40.8 Å². The molecule has 0 atom stereocenters. The zero-order valence-electron chi connectivity index (χ0n) is 15.4. The number of nitrogens with zero attached hydrogens (tertiary/aromatic N) is 1. The summed E-state index contributed by atoms with van der Waals surface area (Å²) in [4.78, 5) is 27.9. The molecule has 3 rings (SSSR count). The Labute approximate surface area is 168 Å². The maximum absolute atomic E-state index is 13.1. The molecule has 2 amide bonds. The van der Waals surface area contributed by atoms with Gasteiger partial charge < -0.3 is 4.74 Å². The Morgan fingerprint density at radius 2 is 1.70 bits per heavy atom. The summed E-state index contributed by atoms with van der Waals surface area (Å²) in [5, 5.41) is 0.708. The van der Waals surface area contributed by atoms with Crippen LogP contribution in [-0.2, 0) is 16.1 Å². The molecule has 140 valence electrons. The minimum absolute atomic E-state index is 0.152. The number of benzene rings is 2. The van der Waals surface area contributed by atoms with Gasteiger partial charge in [0, 0.05) is 10.3 Å². The highest BCUT2D eigenvalue weighted by molar-refractivity contribution is 8.04. The van der Waals surface area contributed by atoms with Gasteiger partial charge in [-0.3, -0.25) is 14.5 Å². The lowest BCUT2D eigenvalue weighted by molar-refractivity contribution is -0.137. The first-order valence-electron chi connectivity index (χ1n) is 8.57. The number of hydrogen-bond donors (Lipinski definition) is 0. The molecule has 0 N–H and O–H groups in total. The quantitative estimate of drug-likeness (QED) is 0.654. The van der Waals surface area contributed by atoms with Crippen molar-refractivity contribution in [1.29, 1.82) is 0 Å². The molecule has 0 spiro atoms. The molecule has 0 saturated heterocycles. The minimum Gasteiger partial charge on any atom is -0.497 e. The molecule has 2 aromatic rings. The average molecular weight is 402 g/mol. The number of carbonyl (C=O) groups excluding carboxylic acids is 2. The summed E-state index contributed by atoms with van der Waals surface area (Å²) in [5.41, 5.74) is 1.89. The van der Waals surface area contributed by atoms with Crippen LogP contribution in [0.4, 0.5) is 0 Å². The molecule has 0 saturated carbocycles. The third-order valence-electron chi connectivity index (χ3n) is 4.14. The van der Waals surface area contributed by atoms with Crippen molar-refractivity contribution < 1.29 is 14.3 Å². The van der Waals surface area contributed by atoms with Gasteiger partial charge in [0.05, 0.1) is 24.1 Å². The van der Waals surface area contributed by atoms with Gasteiger partial charge in [-0.1, -0.05) is 55.8 Å². The van der Waals surface area contributed by atoms with E-state index in [-0.39, 0.29) is 23.6 Å². The maximum atomic E-state index is 13.1. The van der Waals surface area contributed by atoms with Crippen LogP contribution in [0.2, 0.25) is 5.02 Å². The van der Waals surface area contributed by atoms with Gasteiger partial charge >= 0.3 is 0 Å². The van der Waals surface area contributed by atoms with Crippen molar-refractivity contribution in [2.24, 2.45) is 0 Å². The second-order valence-corrected chi connectivity index (χ2v) is 8.38. The number of ether oxygens (including phenoxy) is 1. The molecule has 0 radical (unpaired) electrons. The number of amides is 2. The lowest BCUT2D eigenvalue weighted by atomic mass is 10.1. The van der Waals surface area contributed by atoms with Crippen molar-refractivity contribution in [2.45, 2.75) is 25.6 Å². The zero-order valence-corrected chi connectivity index (χ0v) is 16.9. The number of carbonyl (C=O) groups is 2. The topological polar surface area (TPSA) is 46.6 Å². The van der Waals surface area contributed by atoms with E-state index in [0.29, 0.717) is 26.8 Å². The van der Waals surface area contributed by atoms with Crippen molar-refractivity contribution in [3.8, 4) is 5.75 Å². The number of thioether (sulfide) groups is 1. The molecule has 0 aromatic heterocycles. The molecule has 0 aliphatic carbocycles. The Morgan fingerprint density at radius 3 is 2.30 bits per heavy atom. The summed E-state index contributed by atoms with van der Waals surface area (Å²) in [6.45, 7) is 4.15. The SMILES string of the molecule is COc1ccc(C2=C(SC(C)C)C(=O)N(Cc3ccccc3Cl)C2=O)cc1. The highest BCUT2D eigenvalue weighted by atomic mass is 35.5. The first kappa shape index (κ1) is 19.5. The van der Waals surface area contributed by atoms with Crippen molar-refractivity contribution in [2.75, 3.05) is 7.11 Å². The van der Waals surface area contributed by atoms with E-state index < -0.39 is 0 Å². The van der Waals surface area contributed by atoms with E-state index in [1.165, 1.54) is 16.7 Å². The number of imide groups is 1. The van der Waals surface area contributed by atoms with Crippen molar-refractivity contribution in [1.82, 2.24) is 4.90 Å². The van der Waals surface area contributed by atoms with E-state index in [2.05, 4.69) is 0 Å². The van der Waals surface area contributed by atoms with Crippen molar-refractivity contribution in [3.05, 3.63) is 69.6 Å². The predicted molar refractivity (Wildman–Crippen MR) is 110 cm³/mol. The summed E-state index contributed by atoms with van der Waals surface area (Å²) in [6, 6.07) is 14.4. The third kappa shape index (κ3) is 4.04. The number of rotatable bonds is 6. The van der Waals surface area contributed by atoms with E-state index in [9.17, 15) is 9.59 Å². The number of methoxy groups -OCH3 is 1. The fraction of sp³-hybridized carbons (Fsp3) is 0.238. The van der Waals surface area contributed by atoms with Gasteiger partial charge in [-0.05, 0) is 29.3 Å². The van der Waals surface area contributed by atoms with Gasteiger partial charge in [-0.15, -0.1) is 11.8 Å². The lowest BCUT2D eigenvalue weighted by Gasteiger charge is -2.16. The van der Waals surface area contributed by atoms with Crippen LogP contribution in [0, 0.1) is 0 Å². The fourth-order valence-electron chi connectivity index (χ4n) is 2.85. The number of hydrogen-bond acceptors (Lipinski definition) is 4. The van der Waals surface area contributed by atoms with Crippen LogP contribution in [0.1, 0.15) is 25.0 Å². The standard InChI is InChI=1S/C21H20ClNO3S/c1-13(2)27-19-18(14-8-10-16(26-3)11-9-14)20(24)23(21(19)25)12-15-6-4-5-7-17(15)22/h4-11,13H,12H2,1-3H3. The Kier molecular flexibility index (Phi) is 5.92. The van der Waals surface area contributed by atoms with Crippen LogP contribution < -0.4 is 4.74 Å². The fourth-order valence-corrected chi connectivity index (χ4v) is 4.05. The molecule has 4 nitrogen and oxygen atoms in total. The zero-order chi connectivity index (χ0) is 19.6. The van der Waals surface area contributed by atoms with Crippen LogP contribution in [0.25, 0.3) is 5.57 Å². The van der Waals surface area contributed by atoms with Crippen LogP contribution >= 0.6 is 23.4 Å². The second kappa shape index (κ2) is 8.19. The summed E-state index contributed by atoms with van der Waals surface area (Å²) >= 11 is 7.63. The van der Waals surface area contributed by atoms with Gasteiger partial charge in [-0.2, -0.15) is 0 Å². The minimum atomic E-state index is -0.298. The lowest BCUT2D eigenvalue weighted by Crippen LogP contribution is -2.31. The van der Waals surface area contributed by atoms with Gasteiger partial charge in [0.25, 0.3) is 11.8 Å². The summed E-state index contributed by atoms with van der Waals surface area (Å²) in [7, 11) is 1.59. The second-order valence-electron chi connectivity index (χ2n) is 6.39. The number of halogens is 1. The third-order valence-corrected chi connectivity index (χ3v) is 5.60. The van der Waals surface area contributed by atoms with Crippen LogP contribution in [0.3, 0.4) is 0 Å². The predicted octanol–water partition coefficient (Wildman–Crippen LogP) is 4.77.